The topological polar surface area (TPSA) is 186 Å². The number of hydrogen-bond acceptors (Lipinski definition) is 10. The van der Waals surface area contributed by atoms with Crippen LogP contribution in [0.1, 0.15) is 97.8 Å². The molecule has 3 amide bonds. The van der Waals surface area contributed by atoms with Crippen molar-refractivity contribution < 1.29 is 45.0 Å². The Labute approximate surface area is 277 Å². The van der Waals surface area contributed by atoms with Crippen LogP contribution >= 0.6 is 0 Å². The number of carbonyl (C=O) groups is 3. The maximum absolute atomic E-state index is 12.4. The standard InChI is InChI=1S/C33H66N4O9/c1-4-7-10-13-16-35(31(44)25-38)22-28(41)19-34(20-29(42)23-36(32(45)26-39)17-14-11-8-5-2)21-30(43)24-37(33(46)27-40)18-15-12-9-6-3/h28-30,38-43H,4-27H2,1-3H3. The highest BCUT2D eigenvalue weighted by molar-refractivity contribution is 5.78. The van der Waals surface area contributed by atoms with Crippen LogP contribution in [0.3, 0.4) is 0 Å². The van der Waals surface area contributed by atoms with Gasteiger partial charge in [0.1, 0.15) is 19.8 Å². The van der Waals surface area contributed by atoms with Gasteiger partial charge < -0.3 is 45.3 Å². The fourth-order valence-electron chi connectivity index (χ4n) is 5.50. The van der Waals surface area contributed by atoms with E-state index >= 15 is 0 Å². The number of aliphatic hydroxyl groups excluding tert-OH is 6. The predicted octanol–water partition coefficient (Wildman–Crippen LogP) is 0.575. The number of hydrogen-bond donors (Lipinski definition) is 6. The van der Waals surface area contributed by atoms with Crippen molar-refractivity contribution in [1.82, 2.24) is 19.6 Å². The van der Waals surface area contributed by atoms with Crippen LogP contribution in [0.25, 0.3) is 0 Å². The Hall–Kier alpha value is -1.87. The molecule has 0 radical (unpaired) electrons. The van der Waals surface area contributed by atoms with Gasteiger partial charge in [-0.25, -0.2) is 0 Å². The van der Waals surface area contributed by atoms with Gasteiger partial charge in [-0.1, -0.05) is 78.6 Å². The van der Waals surface area contributed by atoms with E-state index in [1.54, 1.807) is 4.90 Å². The molecule has 0 aromatic carbocycles. The second-order valence-electron chi connectivity index (χ2n) is 12.4. The van der Waals surface area contributed by atoms with Gasteiger partial charge in [-0.2, -0.15) is 0 Å². The van der Waals surface area contributed by atoms with Crippen molar-refractivity contribution in [2.75, 3.05) is 78.7 Å². The summed E-state index contributed by atoms with van der Waals surface area (Å²) in [5, 5.41) is 61.5. The largest absolute Gasteiger partial charge is 0.390 e. The molecule has 0 aliphatic carbocycles. The fourth-order valence-corrected chi connectivity index (χ4v) is 5.50. The van der Waals surface area contributed by atoms with E-state index in [1.807, 2.05) is 0 Å². The van der Waals surface area contributed by atoms with Crippen LogP contribution in [0.4, 0.5) is 0 Å². The summed E-state index contributed by atoms with van der Waals surface area (Å²) in [6.45, 7) is 5.10. The smallest absolute Gasteiger partial charge is 0.248 e. The summed E-state index contributed by atoms with van der Waals surface area (Å²) in [6.07, 6.45) is 7.80. The highest BCUT2D eigenvalue weighted by Gasteiger charge is 2.26. The van der Waals surface area contributed by atoms with Gasteiger partial charge in [0.15, 0.2) is 0 Å². The van der Waals surface area contributed by atoms with E-state index in [1.165, 1.54) is 14.7 Å². The molecule has 0 heterocycles. The zero-order chi connectivity index (χ0) is 34.7. The van der Waals surface area contributed by atoms with Crippen molar-refractivity contribution in [2.24, 2.45) is 0 Å². The highest BCUT2D eigenvalue weighted by Crippen LogP contribution is 2.09. The van der Waals surface area contributed by atoms with Gasteiger partial charge in [-0.3, -0.25) is 19.3 Å². The minimum atomic E-state index is -1.07. The summed E-state index contributed by atoms with van der Waals surface area (Å²) in [5.41, 5.74) is 0. The van der Waals surface area contributed by atoms with Crippen molar-refractivity contribution in [2.45, 2.75) is 116 Å². The lowest BCUT2D eigenvalue weighted by Gasteiger charge is -2.34. The second kappa shape index (κ2) is 28.2. The predicted molar refractivity (Wildman–Crippen MR) is 178 cm³/mol. The van der Waals surface area contributed by atoms with Crippen molar-refractivity contribution in [3.63, 3.8) is 0 Å². The molecule has 0 aromatic heterocycles. The molecule has 0 rings (SSSR count). The maximum atomic E-state index is 12.4. The van der Waals surface area contributed by atoms with Crippen LogP contribution in [0.2, 0.25) is 0 Å². The molecule has 6 N–H and O–H groups in total. The molecule has 272 valence electrons. The third-order valence-corrected chi connectivity index (χ3v) is 8.01. The number of aliphatic hydroxyl groups is 6. The van der Waals surface area contributed by atoms with Crippen molar-refractivity contribution in [3.05, 3.63) is 0 Å². The van der Waals surface area contributed by atoms with Crippen molar-refractivity contribution >= 4 is 17.7 Å². The van der Waals surface area contributed by atoms with Crippen molar-refractivity contribution in [3.8, 4) is 0 Å². The van der Waals surface area contributed by atoms with E-state index in [0.29, 0.717) is 19.6 Å². The van der Waals surface area contributed by atoms with Gasteiger partial charge in [0.2, 0.25) is 17.7 Å². The van der Waals surface area contributed by atoms with E-state index in [9.17, 15) is 45.0 Å². The Morgan fingerprint density at radius 2 is 0.696 bits per heavy atom. The summed E-state index contributed by atoms with van der Waals surface area (Å²) >= 11 is 0. The normalized spacial score (nSPS) is 13.4. The fraction of sp³-hybridized carbons (Fsp3) is 0.909. The van der Waals surface area contributed by atoms with Gasteiger partial charge in [0, 0.05) is 58.9 Å². The van der Waals surface area contributed by atoms with Crippen LogP contribution in [-0.4, -0.2) is 165 Å². The van der Waals surface area contributed by atoms with Gasteiger partial charge in [-0.05, 0) is 19.3 Å². The lowest BCUT2D eigenvalue weighted by atomic mass is 10.1. The van der Waals surface area contributed by atoms with Crippen LogP contribution in [0, 0.1) is 0 Å². The molecule has 0 aliphatic rings. The number of rotatable bonds is 30. The molecule has 3 atom stereocenters. The number of carbonyl (C=O) groups excluding carboxylic acids is 3. The van der Waals surface area contributed by atoms with E-state index in [4.69, 9.17) is 0 Å². The SMILES string of the molecule is CCCCCCN(CC(O)CN(CC(O)CN(CCCCCC)C(=O)CO)CC(O)CN(CCCCCC)C(=O)CO)C(=O)CO. The quantitative estimate of drug-likeness (QED) is 0.0595. The maximum Gasteiger partial charge on any atom is 0.248 e. The van der Waals surface area contributed by atoms with Crippen LogP contribution in [0.5, 0.6) is 0 Å². The first kappa shape index (κ1) is 44.1. The van der Waals surface area contributed by atoms with Crippen LogP contribution < -0.4 is 0 Å². The van der Waals surface area contributed by atoms with E-state index < -0.39 is 55.9 Å². The van der Waals surface area contributed by atoms with Crippen LogP contribution in [-0.2, 0) is 14.4 Å². The summed E-state index contributed by atoms with van der Waals surface area (Å²) in [7, 11) is 0. The molecule has 13 heteroatoms. The number of nitrogens with zero attached hydrogens (tertiary/aromatic N) is 4. The molecule has 46 heavy (non-hydrogen) atoms. The average molecular weight is 663 g/mol. The molecule has 0 fully saturated rings. The summed E-state index contributed by atoms with van der Waals surface area (Å²) in [6, 6.07) is 0. The summed E-state index contributed by atoms with van der Waals surface area (Å²) in [5.74, 6) is -1.49. The summed E-state index contributed by atoms with van der Waals surface area (Å²) < 4.78 is 0. The first-order valence-electron chi connectivity index (χ1n) is 17.5. The molecule has 0 saturated heterocycles. The third-order valence-electron chi connectivity index (χ3n) is 8.01. The van der Waals surface area contributed by atoms with Gasteiger partial charge in [0.05, 0.1) is 18.3 Å². The Balaban J connectivity index is 5.72. The molecule has 0 spiro atoms. The Morgan fingerprint density at radius 3 is 0.913 bits per heavy atom. The minimum absolute atomic E-state index is 0.0345. The molecule has 13 nitrogen and oxygen atoms in total. The molecule has 0 saturated carbocycles. The Kier molecular flexibility index (Phi) is 27.0. The molecule has 0 bridgehead atoms. The van der Waals surface area contributed by atoms with E-state index in [0.717, 1.165) is 77.0 Å². The summed E-state index contributed by atoms with van der Waals surface area (Å²) in [4.78, 5) is 43.1. The van der Waals surface area contributed by atoms with E-state index in [-0.39, 0.29) is 39.3 Å². The Bertz CT molecular complexity index is 692. The zero-order valence-corrected chi connectivity index (χ0v) is 28.9. The van der Waals surface area contributed by atoms with Gasteiger partial charge >= 0.3 is 0 Å². The van der Waals surface area contributed by atoms with Crippen LogP contribution in [0.15, 0.2) is 0 Å². The first-order valence-corrected chi connectivity index (χ1v) is 17.5. The lowest BCUT2D eigenvalue weighted by Crippen LogP contribution is -2.51. The highest BCUT2D eigenvalue weighted by atomic mass is 16.3. The van der Waals surface area contributed by atoms with Crippen molar-refractivity contribution in [1.29, 1.82) is 0 Å². The third kappa shape index (κ3) is 21.1. The second-order valence-corrected chi connectivity index (χ2v) is 12.4. The molecule has 0 aliphatic heterocycles. The number of unbranched alkanes of at least 4 members (excludes halogenated alkanes) is 9. The molecule has 0 aromatic rings. The average Bonchev–Trinajstić information content (AvgIpc) is 3.03. The number of amides is 3. The lowest BCUT2D eigenvalue weighted by molar-refractivity contribution is -0.136. The molecule has 3 unspecified atom stereocenters. The molecular weight excluding hydrogens is 596 g/mol. The van der Waals surface area contributed by atoms with Gasteiger partial charge in [0.25, 0.3) is 0 Å². The molecular formula is C33H66N4O9. The first-order chi connectivity index (χ1) is 22.1. The van der Waals surface area contributed by atoms with Gasteiger partial charge in [-0.15, -0.1) is 0 Å². The minimum Gasteiger partial charge on any atom is -0.390 e. The zero-order valence-electron chi connectivity index (χ0n) is 28.9. The van der Waals surface area contributed by atoms with E-state index in [2.05, 4.69) is 20.8 Å². The monoisotopic (exact) mass is 662 g/mol. The Morgan fingerprint density at radius 1 is 0.435 bits per heavy atom.